The quantitative estimate of drug-likeness (QED) is 0.369. The van der Waals surface area contributed by atoms with Gasteiger partial charge in [-0.25, -0.2) is 0 Å². The summed E-state index contributed by atoms with van der Waals surface area (Å²) in [5.41, 5.74) is 0.977. The molecule has 120 valence electrons. The van der Waals surface area contributed by atoms with Crippen LogP contribution in [0.25, 0.3) is 0 Å². The van der Waals surface area contributed by atoms with E-state index in [9.17, 15) is 0 Å². The van der Waals surface area contributed by atoms with Gasteiger partial charge >= 0.3 is 0 Å². The average Bonchev–Trinajstić information content (AvgIpc) is 2.41. The summed E-state index contributed by atoms with van der Waals surface area (Å²) in [5.74, 6) is 0. The van der Waals surface area contributed by atoms with E-state index in [1.54, 1.807) is 13.2 Å². The number of methoxy groups -OCH3 is 1. The fraction of sp³-hybridized carbons (Fsp3) is 0.600. The molecule has 0 aromatic heterocycles. The molecule has 0 fully saturated rings. The van der Waals surface area contributed by atoms with Crippen molar-refractivity contribution in [1.82, 2.24) is 5.32 Å². The number of ether oxygens (including phenoxy) is 1. The van der Waals surface area contributed by atoms with Crippen LogP contribution in [0.15, 0.2) is 6.07 Å². The van der Waals surface area contributed by atoms with Crippen LogP contribution in [-0.4, -0.2) is 26.8 Å². The first-order valence-electron chi connectivity index (χ1n) is 6.80. The maximum absolute atomic E-state index is 6.25. The highest BCUT2D eigenvalue weighted by Gasteiger charge is 2.20. The van der Waals surface area contributed by atoms with Crippen molar-refractivity contribution in [3.05, 3.63) is 31.7 Å². The van der Waals surface area contributed by atoms with Crippen molar-refractivity contribution in [2.75, 3.05) is 26.8 Å². The number of benzene rings is 1. The lowest BCUT2D eigenvalue weighted by atomic mass is 9.86. The van der Waals surface area contributed by atoms with Crippen LogP contribution in [0.5, 0.6) is 0 Å². The normalized spacial score (nSPS) is 12.0. The van der Waals surface area contributed by atoms with Gasteiger partial charge in [-0.3, -0.25) is 0 Å². The summed E-state index contributed by atoms with van der Waals surface area (Å²) < 4.78 is 5.02. The molecular formula is C15H21Cl4NO. The van der Waals surface area contributed by atoms with Gasteiger partial charge in [0.15, 0.2) is 0 Å². The Labute approximate surface area is 147 Å². The number of nitrogens with one attached hydrogen (secondary N) is 1. The molecule has 6 heteroatoms. The van der Waals surface area contributed by atoms with E-state index in [0.717, 1.165) is 31.5 Å². The third-order valence-electron chi connectivity index (χ3n) is 3.35. The fourth-order valence-corrected chi connectivity index (χ4v) is 3.11. The molecule has 0 spiro atoms. The third-order valence-corrected chi connectivity index (χ3v) is 4.99. The Kier molecular flexibility index (Phi) is 8.11. The minimum absolute atomic E-state index is 0.118. The maximum Gasteiger partial charge on any atom is 0.0782 e. The summed E-state index contributed by atoms with van der Waals surface area (Å²) in [6.45, 7) is 6.85. The highest BCUT2D eigenvalue weighted by molar-refractivity contribution is 6.49. The van der Waals surface area contributed by atoms with Gasteiger partial charge in [-0.15, -0.1) is 0 Å². The van der Waals surface area contributed by atoms with E-state index < -0.39 is 0 Å². The zero-order valence-electron chi connectivity index (χ0n) is 12.5. The summed E-state index contributed by atoms with van der Waals surface area (Å²) in [6, 6.07) is 1.65. The largest absolute Gasteiger partial charge is 0.383 e. The Morgan fingerprint density at radius 2 is 1.76 bits per heavy atom. The average molecular weight is 373 g/mol. The molecule has 0 aliphatic carbocycles. The zero-order valence-corrected chi connectivity index (χ0v) is 15.6. The second kappa shape index (κ2) is 8.81. The Bertz CT molecular complexity index is 477. The Morgan fingerprint density at radius 1 is 1.10 bits per heavy atom. The molecule has 1 N–H and O–H groups in total. The first-order chi connectivity index (χ1) is 9.78. The predicted molar refractivity (Wildman–Crippen MR) is 93.3 cm³/mol. The van der Waals surface area contributed by atoms with Crippen molar-refractivity contribution in [2.45, 2.75) is 26.7 Å². The molecule has 2 nitrogen and oxygen atoms in total. The van der Waals surface area contributed by atoms with Crippen LogP contribution in [0.4, 0.5) is 0 Å². The molecule has 0 aliphatic rings. The van der Waals surface area contributed by atoms with Gasteiger partial charge in [0, 0.05) is 25.2 Å². The standard InChI is InChI=1S/C15H21Cl4NO/c1-15(2,9-20-6-7-21-3)5-4-10-11(16)8-12(17)14(19)13(10)18/h8,20H,4-7,9H2,1-3H3. The molecule has 1 aromatic rings. The molecule has 0 aliphatic heterocycles. The first kappa shape index (κ1) is 19.3. The van der Waals surface area contributed by atoms with Gasteiger partial charge in [0.2, 0.25) is 0 Å². The number of rotatable bonds is 8. The van der Waals surface area contributed by atoms with Crippen LogP contribution in [-0.2, 0) is 11.2 Å². The van der Waals surface area contributed by atoms with Gasteiger partial charge in [-0.05, 0) is 29.9 Å². The van der Waals surface area contributed by atoms with Crippen LogP contribution in [0.2, 0.25) is 20.1 Å². The van der Waals surface area contributed by atoms with Crippen LogP contribution in [0, 0.1) is 5.41 Å². The van der Waals surface area contributed by atoms with Gasteiger partial charge in [0.1, 0.15) is 0 Å². The van der Waals surface area contributed by atoms with Crippen molar-refractivity contribution in [1.29, 1.82) is 0 Å². The van der Waals surface area contributed by atoms with Gasteiger partial charge in [-0.1, -0.05) is 60.3 Å². The molecule has 21 heavy (non-hydrogen) atoms. The third kappa shape index (κ3) is 6.13. The number of hydrogen-bond donors (Lipinski definition) is 1. The highest BCUT2D eigenvalue weighted by atomic mass is 35.5. The van der Waals surface area contributed by atoms with Gasteiger partial charge < -0.3 is 10.1 Å². The molecule has 0 unspecified atom stereocenters. The molecule has 0 atom stereocenters. The SMILES string of the molecule is COCCNCC(C)(C)CCc1c(Cl)cc(Cl)c(Cl)c1Cl. The monoisotopic (exact) mass is 371 g/mol. The van der Waals surface area contributed by atoms with Crippen LogP contribution in [0.1, 0.15) is 25.8 Å². The van der Waals surface area contributed by atoms with Crippen LogP contribution < -0.4 is 5.32 Å². The van der Waals surface area contributed by atoms with E-state index in [0.29, 0.717) is 26.7 Å². The molecule has 0 saturated heterocycles. The lowest BCUT2D eigenvalue weighted by Gasteiger charge is -2.25. The molecule has 0 saturated carbocycles. The van der Waals surface area contributed by atoms with Gasteiger partial charge in [-0.2, -0.15) is 0 Å². The summed E-state index contributed by atoms with van der Waals surface area (Å²) in [5, 5.41) is 5.15. The topological polar surface area (TPSA) is 21.3 Å². The predicted octanol–water partition coefficient (Wildman–Crippen LogP) is 5.50. The molecular weight excluding hydrogens is 352 g/mol. The Hall–Kier alpha value is 0.300. The lowest BCUT2D eigenvalue weighted by Crippen LogP contribution is -2.32. The van der Waals surface area contributed by atoms with Crippen LogP contribution in [0.3, 0.4) is 0 Å². The highest BCUT2D eigenvalue weighted by Crippen LogP contribution is 2.39. The zero-order chi connectivity index (χ0) is 16.0. The molecule has 1 aromatic carbocycles. The first-order valence-corrected chi connectivity index (χ1v) is 8.31. The summed E-state index contributed by atoms with van der Waals surface area (Å²) in [6.07, 6.45) is 1.69. The number of hydrogen-bond acceptors (Lipinski definition) is 2. The van der Waals surface area contributed by atoms with Gasteiger partial charge in [0.05, 0.1) is 21.7 Å². The second-order valence-electron chi connectivity index (χ2n) is 5.78. The molecule has 0 heterocycles. The van der Waals surface area contributed by atoms with Crippen molar-refractivity contribution < 1.29 is 4.74 Å². The van der Waals surface area contributed by atoms with E-state index >= 15 is 0 Å². The molecule has 0 radical (unpaired) electrons. The Morgan fingerprint density at radius 3 is 2.38 bits per heavy atom. The second-order valence-corrected chi connectivity index (χ2v) is 7.35. The minimum atomic E-state index is 0.118. The smallest absolute Gasteiger partial charge is 0.0782 e. The van der Waals surface area contributed by atoms with E-state index in [1.165, 1.54) is 0 Å². The van der Waals surface area contributed by atoms with Gasteiger partial charge in [0.25, 0.3) is 0 Å². The fourth-order valence-electron chi connectivity index (χ4n) is 1.99. The van der Waals surface area contributed by atoms with Crippen LogP contribution >= 0.6 is 46.4 Å². The summed E-state index contributed by atoms with van der Waals surface area (Å²) in [4.78, 5) is 0. The van der Waals surface area contributed by atoms with Crippen molar-refractivity contribution in [2.24, 2.45) is 5.41 Å². The van der Waals surface area contributed by atoms with E-state index in [4.69, 9.17) is 51.1 Å². The van der Waals surface area contributed by atoms with E-state index in [1.807, 2.05) is 0 Å². The minimum Gasteiger partial charge on any atom is -0.383 e. The summed E-state index contributed by atoms with van der Waals surface area (Å²) in [7, 11) is 1.70. The van der Waals surface area contributed by atoms with Crippen molar-refractivity contribution >= 4 is 46.4 Å². The van der Waals surface area contributed by atoms with Crippen molar-refractivity contribution in [3.63, 3.8) is 0 Å². The molecule has 0 bridgehead atoms. The van der Waals surface area contributed by atoms with E-state index in [2.05, 4.69) is 19.2 Å². The number of halogens is 4. The van der Waals surface area contributed by atoms with E-state index in [-0.39, 0.29) is 5.41 Å². The summed E-state index contributed by atoms with van der Waals surface area (Å²) >= 11 is 24.5. The Balaban J connectivity index is 2.64. The lowest BCUT2D eigenvalue weighted by molar-refractivity contribution is 0.193. The molecule has 1 rings (SSSR count). The molecule has 0 amide bonds. The maximum atomic E-state index is 6.25. The van der Waals surface area contributed by atoms with Crippen molar-refractivity contribution in [3.8, 4) is 0 Å².